The Labute approximate surface area is 168 Å². The van der Waals surface area contributed by atoms with Gasteiger partial charge in [-0.3, -0.25) is 4.79 Å². The Morgan fingerprint density at radius 1 is 1.11 bits per heavy atom. The first-order valence-corrected chi connectivity index (χ1v) is 10.3. The Morgan fingerprint density at radius 3 is 2.48 bits per heavy atom. The van der Waals surface area contributed by atoms with Crippen LogP contribution >= 0.6 is 23.4 Å². The number of hydrogen-bond donors (Lipinski definition) is 0. The molecule has 0 fully saturated rings. The molecule has 3 rings (SSSR count). The largest absolute Gasteiger partial charge is 0.349 e. The first kappa shape index (κ1) is 19.7. The molecule has 0 unspecified atom stereocenters. The lowest BCUT2D eigenvalue weighted by atomic mass is 10.2. The van der Waals surface area contributed by atoms with E-state index >= 15 is 0 Å². The number of thioether (sulfide) groups is 1. The van der Waals surface area contributed by atoms with Gasteiger partial charge in [-0.2, -0.15) is 0 Å². The van der Waals surface area contributed by atoms with Crippen LogP contribution in [0.4, 0.5) is 0 Å². The van der Waals surface area contributed by atoms with Crippen LogP contribution in [0, 0.1) is 13.8 Å². The normalized spacial score (nSPS) is 11.1. The molecule has 0 saturated carbocycles. The number of carbonyl (C=O) groups is 1. The van der Waals surface area contributed by atoms with E-state index in [1.165, 1.54) is 11.8 Å². The third kappa shape index (κ3) is 3.96. The molecule has 0 bridgehead atoms. The average molecular weight is 403 g/mol. The molecule has 0 aliphatic carbocycles. The van der Waals surface area contributed by atoms with Crippen LogP contribution in [0.3, 0.4) is 0 Å². The van der Waals surface area contributed by atoms with E-state index in [1.807, 2.05) is 55.7 Å². The van der Waals surface area contributed by atoms with Gasteiger partial charge in [-0.25, -0.2) is 0 Å². The van der Waals surface area contributed by atoms with E-state index in [1.54, 1.807) is 0 Å². The second kappa shape index (κ2) is 8.31. The minimum absolute atomic E-state index is 0.114. The molecule has 0 spiro atoms. The summed E-state index contributed by atoms with van der Waals surface area (Å²) in [7, 11) is 0. The molecule has 7 heteroatoms. The van der Waals surface area contributed by atoms with E-state index in [9.17, 15) is 4.79 Å². The van der Waals surface area contributed by atoms with Gasteiger partial charge in [-0.05, 0) is 45.9 Å². The first-order valence-electron chi connectivity index (χ1n) is 8.98. The summed E-state index contributed by atoms with van der Waals surface area (Å²) in [5.74, 6) is 1.21. The maximum atomic E-state index is 12.7. The number of carbonyl (C=O) groups excluding carboxylic acids is 1. The fraction of sp³-hybridized carbons (Fsp3) is 0.350. The Hall–Kier alpha value is -2.05. The molecule has 142 valence electrons. The SMILES string of the molecule is CCn1c(SCC(=O)c2cc(C)n(CC)c2C)nnc1-c1cccc(Cl)c1. The summed E-state index contributed by atoms with van der Waals surface area (Å²) in [5, 5.41) is 10.0. The summed E-state index contributed by atoms with van der Waals surface area (Å²) < 4.78 is 4.17. The lowest BCUT2D eigenvalue weighted by Crippen LogP contribution is -2.07. The van der Waals surface area contributed by atoms with Crippen molar-refractivity contribution in [1.29, 1.82) is 0 Å². The molecule has 0 atom stereocenters. The highest BCUT2D eigenvalue weighted by Crippen LogP contribution is 2.27. The third-order valence-electron chi connectivity index (χ3n) is 4.64. The van der Waals surface area contributed by atoms with Gasteiger partial charge < -0.3 is 9.13 Å². The molecule has 0 aliphatic heterocycles. The van der Waals surface area contributed by atoms with Crippen LogP contribution in [0.1, 0.15) is 35.6 Å². The standard InChI is InChI=1S/C20H23ClN4OS/c1-5-24-13(3)10-17(14(24)4)18(26)12-27-20-23-22-19(25(20)6-2)15-8-7-9-16(21)11-15/h7-11H,5-6,12H2,1-4H3. The van der Waals surface area contributed by atoms with Crippen molar-refractivity contribution < 1.29 is 4.79 Å². The zero-order chi connectivity index (χ0) is 19.6. The van der Waals surface area contributed by atoms with Crippen molar-refractivity contribution in [3.05, 3.63) is 52.3 Å². The number of ketones is 1. The summed E-state index contributed by atoms with van der Waals surface area (Å²) in [6.45, 7) is 9.74. The van der Waals surface area contributed by atoms with E-state index in [0.717, 1.165) is 46.6 Å². The van der Waals surface area contributed by atoms with Gasteiger partial charge in [-0.15, -0.1) is 10.2 Å². The molecule has 1 aromatic carbocycles. The minimum atomic E-state index is 0.114. The third-order valence-corrected chi connectivity index (χ3v) is 5.84. The highest BCUT2D eigenvalue weighted by Gasteiger charge is 2.18. The maximum Gasteiger partial charge on any atom is 0.191 e. The van der Waals surface area contributed by atoms with Crippen LogP contribution in [0.15, 0.2) is 35.5 Å². The van der Waals surface area contributed by atoms with E-state index in [-0.39, 0.29) is 5.78 Å². The van der Waals surface area contributed by atoms with Gasteiger partial charge in [0.25, 0.3) is 0 Å². The fourth-order valence-corrected chi connectivity index (χ4v) is 4.38. The van der Waals surface area contributed by atoms with E-state index in [2.05, 4.69) is 21.7 Å². The Balaban J connectivity index is 1.80. The van der Waals surface area contributed by atoms with Gasteiger partial charge in [-0.1, -0.05) is 35.5 Å². The zero-order valence-corrected chi connectivity index (χ0v) is 17.6. The number of aromatic nitrogens is 4. The van der Waals surface area contributed by atoms with Gasteiger partial charge in [0.2, 0.25) is 0 Å². The molecule has 3 aromatic rings. The van der Waals surface area contributed by atoms with Crippen molar-refractivity contribution in [3.63, 3.8) is 0 Å². The van der Waals surface area contributed by atoms with Gasteiger partial charge in [0.1, 0.15) is 0 Å². The molecule has 2 heterocycles. The van der Waals surface area contributed by atoms with Crippen LogP contribution in [-0.4, -0.2) is 30.9 Å². The number of rotatable bonds is 7. The smallest absolute Gasteiger partial charge is 0.191 e. The molecular formula is C20H23ClN4OS. The molecule has 0 saturated heterocycles. The predicted octanol–water partition coefficient (Wildman–Crippen LogP) is 5.03. The van der Waals surface area contributed by atoms with Gasteiger partial charge in [0.15, 0.2) is 16.8 Å². The van der Waals surface area contributed by atoms with Crippen molar-refractivity contribution in [1.82, 2.24) is 19.3 Å². The number of Topliss-reactive ketones (excluding diaryl/α,β-unsaturated/α-hetero) is 1. The topological polar surface area (TPSA) is 52.7 Å². The maximum absolute atomic E-state index is 12.7. The number of nitrogens with zero attached hydrogens (tertiary/aromatic N) is 4. The van der Waals surface area contributed by atoms with Crippen molar-refractivity contribution >= 4 is 29.1 Å². The Morgan fingerprint density at radius 2 is 1.85 bits per heavy atom. The monoisotopic (exact) mass is 402 g/mol. The number of benzene rings is 1. The van der Waals surface area contributed by atoms with Crippen molar-refractivity contribution in [2.24, 2.45) is 0 Å². The van der Waals surface area contributed by atoms with E-state index in [0.29, 0.717) is 10.8 Å². The van der Waals surface area contributed by atoms with Crippen LogP contribution in [-0.2, 0) is 13.1 Å². The lowest BCUT2D eigenvalue weighted by molar-refractivity contribution is 0.102. The number of halogens is 1. The molecule has 0 N–H and O–H groups in total. The van der Waals surface area contributed by atoms with Gasteiger partial charge in [0, 0.05) is 40.6 Å². The summed E-state index contributed by atoms with van der Waals surface area (Å²) in [6.07, 6.45) is 0. The summed E-state index contributed by atoms with van der Waals surface area (Å²) in [6, 6.07) is 9.53. The van der Waals surface area contributed by atoms with Crippen LogP contribution in [0.25, 0.3) is 11.4 Å². The Kier molecular flexibility index (Phi) is 6.07. The second-order valence-electron chi connectivity index (χ2n) is 6.30. The fourth-order valence-electron chi connectivity index (χ4n) is 3.30. The van der Waals surface area contributed by atoms with Gasteiger partial charge in [0.05, 0.1) is 5.75 Å². The average Bonchev–Trinajstić information content (AvgIpc) is 3.19. The molecule has 5 nitrogen and oxygen atoms in total. The van der Waals surface area contributed by atoms with E-state index < -0.39 is 0 Å². The summed E-state index contributed by atoms with van der Waals surface area (Å²) in [5.41, 5.74) is 3.85. The van der Waals surface area contributed by atoms with Crippen LogP contribution < -0.4 is 0 Å². The lowest BCUT2D eigenvalue weighted by Gasteiger charge is -2.08. The summed E-state index contributed by atoms with van der Waals surface area (Å²) >= 11 is 7.52. The molecule has 27 heavy (non-hydrogen) atoms. The van der Waals surface area contributed by atoms with Crippen molar-refractivity contribution in [2.45, 2.75) is 45.9 Å². The Bertz CT molecular complexity index is 977. The molecule has 0 aliphatic rings. The highest BCUT2D eigenvalue weighted by molar-refractivity contribution is 7.99. The quantitative estimate of drug-likeness (QED) is 0.410. The van der Waals surface area contributed by atoms with Gasteiger partial charge >= 0.3 is 0 Å². The van der Waals surface area contributed by atoms with Crippen molar-refractivity contribution in [2.75, 3.05) is 5.75 Å². The predicted molar refractivity (Wildman–Crippen MR) is 111 cm³/mol. The minimum Gasteiger partial charge on any atom is -0.349 e. The number of aryl methyl sites for hydroxylation is 1. The van der Waals surface area contributed by atoms with Crippen LogP contribution in [0.5, 0.6) is 0 Å². The molecule has 0 amide bonds. The van der Waals surface area contributed by atoms with Crippen LogP contribution in [0.2, 0.25) is 5.02 Å². The second-order valence-corrected chi connectivity index (χ2v) is 7.68. The molecular weight excluding hydrogens is 380 g/mol. The first-order chi connectivity index (χ1) is 13.0. The molecule has 2 aromatic heterocycles. The highest BCUT2D eigenvalue weighted by atomic mass is 35.5. The van der Waals surface area contributed by atoms with Crippen molar-refractivity contribution in [3.8, 4) is 11.4 Å². The summed E-state index contributed by atoms with van der Waals surface area (Å²) in [4.78, 5) is 12.7. The zero-order valence-electron chi connectivity index (χ0n) is 16.0. The number of hydrogen-bond acceptors (Lipinski definition) is 4. The van der Waals surface area contributed by atoms with E-state index in [4.69, 9.17) is 11.6 Å². The molecule has 0 radical (unpaired) electrons.